The van der Waals surface area contributed by atoms with Crippen LogP contribution in [-0.4, -0.2) is 6.04 Å². The van der Waals surface area contributed by atoms with Crippen molar-refractivity contribution in [2.75, 3.05) is 5.32 Å². The third-order valence-electron chi connectivity index (χ3n) is 7.32. The van der Waals surface area contributed by atoms with E-state index in [9.17, 15) is 0 Å². The molecule has 1 N–H and O–H groups in total. The molecular formula is C44H51N. The van der Waals surface area contributed by atoms with Crippen LogP contribution < -0.4 is 5.32 Å². The van der Waals surface area contributed by atoms with Gasteiger partial charge in [-0.25, -0.2) is 0 Å². The van der Waals surface area contributed by atoms with Crippen molar-refractivity contribution in [2.24, 2.45) is 0 Å². The first kappa shape index (κ1) is 34.9. The lowest BCUT2D eigenvalue weighted by molar-refractivity contribution is 0.900. The zero-order chi connectivity index (χ0) is 32.6. The molecule has 3 aromatic carbocycles. The molecule has 0 spiro atoms. The summed E-state index contributed by atoms with van der Waals surface area (Å²) in [6.45, 7) is 22.7. The van der Waals surface area contributed by atoms with E-state index in [1.165, 1.54) is 44.2 Å². The summed E-state index contributed by atoms with van der Waals surface area (Å²) >= 11 is 0. The van der Waals surface area contributed by atoms with E-state index in [1.807, 2.05) is 20.8 Å². The molecule has 0 fully saturated rings. The molecule has 0 saturated carbocycles. The second-order valence-corrected chi connectivity index (χ2v) is 11.6. The van der Waals surface area contributed by atoms with E-state index in [0.717, 1.165) is 42.5 Å². The topological polar surface area (TPSA) is 12.0 Å². The molecule has 0 bridgehead atoms. The first-order chi connectivity index (χ1) is 21.8. The van der Waals surface area contributed by atoms with E-state index in [1.54, 1.807) is 0 Å². The Morgan fingerprint density at radius 2 is 1.56 bits per heavy atom. The molecule has 0 heterocycles. The Kier molecular flexibility index (Phi) is 14.1. The first-order valence-electron chi connectivity index (χ1n) is 16.3. The molecule has 2 aliphatic carbocycles. The first-order valence-corrected chi connectivity index (χ1v) is 16.3. The van der Waals surface area contributed by atoms with E-state index in [4.69, 9.17) is 0 Å². The molecule has 1 nitrogen and oxygen atoms in total. The number of nitrogens with one attached hydrogen (secondary N) is 1. The average molecular weight is 594 g/mol. The van der Waals surface area contributed by atoms with Crippen LogP contribution in [0.5, 0.6) is 0 Å². The number of benzene rings is 3. The highest BCUT2D eigenvalue weighted by Gasteiger charge is 2.11. The lowest BCUT2D eigenvalue weighted by Gasteiger charge is -2.18. The maximum Gasteiger partial charge on any atom is 0.0428 e. The molecule has 5 rings (SSSR count). The average Bonchev–Trinajstić information content (AvgIpc) is 3.02. The molecule has 0 amide bonds. The molecule has 0 aliphatic heterocycles. The fourth-order valence-corrected chi connectivity index (χ4v) is 5.23. The summed E-state index contributed by atoms with van der Waals surface area (Å²) < 4.78 is 0. The number of fused-ring (bicyclic) bond motifs is 1. The third-order valence-corrected chi connectivity index (χ3v) is 7.32. The second-order valence-electron chi connectivity index (χ2n) is 11.6. The van der Waals surface area contributed by atoms with Gasteiger partial charge in [0.25, 0.3) is 0 Å². The largest absolute Gasteiger partial charge is 0.382 e. The highest BCUT2D eigenvalue weighted by atomic mass is 14.9. The van der Waals surface area contributed by atoms with Gasteiger partial charge >= 0.3 is 0 Å². The monoisotopic (exact) mass is 593 g/mol. The molecule has 0 unspecified atom stereocenters. The summed E-state index contributed by atoms with van der Waals surface area (Å²) in [5, 5.41) is 6.15. The molecule has 1 heteroatoms. The highest BCUT2D eigenvalue weighted by molar-refractivity contribution is 5.96. The molecule has 232 valence electrons. The molecule has 0 radical (unpaired) electrons. The van der Waals surface area contributed by atoms with Crippen LogP contribution in [0.4, 0.5) is 5.69 Å². The van der Waals surface area contributed by atoms with Gasteiger partial charge in [-0.15, -0.1) is 0 Å². The number of anilines is 1. The third kappa shape index (κ3) is 11.1. The lowest BCUT2D eigenvalue weighted by atomic mass is 9.93. The van der Waals surface area contributed by atoms with Gasteiger partial charge in [0.2, 0.25) is 0 Å². The Bertz CT molecular complexity index is 1660. The molecule has 45 heavy (non-hydrogen) atoms. The zero-order valence-electron chi connectivity index (χ0n) is 28.1. The van der Waals surface area contributed by atoms with E-state index in [-0.39, 0.29) is 0 Å². The summed E-state index contributed by atoms with van der Waals surface area (Å²) in [5.74, 6) is 0. The van der Waals surface area contributed by atoms with Crippen LogP contribution in [0.25, 0.3) is 28.0 Å². The number of hydrogen-bond donors (Lipinski definition) is 1. The van der Waals surface area contributed by atoms with Crippen molar-refractivity contribution in [2.45, 2.75) is 66.3 Å². The normalized spacial score (nSPS) is 17.0. The van der Waals surface area contributed by atoms with Gasteiger partial charge in [0.1, 0.15) is 0 Å². The minimum atomic E-state index is 0.347. The lowest BCUT2D eigenvalue weighted by Crippen LogP contribution is -2.10. The Morgan fingerprint density at radius 1 is 0.844 bits per heavy atom. The summed E-state index contributed by atoms with van der Waals surface area (Å²) in [7, 11) is 0. The van der Waals surface area contributed by atoms with Gasteiger partial charge in [-0.3, -0.25) is 0 Å². The Balaban J connectivity index is 0.000000389. The van der Waals surface area contributed by atoms with Gasteiger partial charge in [0.05, 0.1) is 0 Å². The van der Waals surface area contributed by atoms with Crippen molar-refractivity contribution in [3.63, 3.8) is 0 Å². The fourth-order valence-electron chi connectivity index (χ4n) is 5.23. The minimum Gasteiger partial charge on any atom is -0.382 e. The predicted molar refractivity (Wildman–Crippen MR) is 204 cm³/mol. The smallest absolute Gasteiger partial charge is 0.0428 e. The van der Waals surface area contributed by atoms with Gasteiger partial charge in [-0.1, -0.05) is 154 Å². The van der Waals surface area contributed by atoms with Crippen LogP contribution in [0.3, 0.4) is 0 Å². The van der Waals surface area contributed by atoms with Crippen LogP contribution in [-0.2, 0) is 0 Å². The van der Waals surface area contributed by atoms with Gasteiger partial charge in [0.15, 0.2) is 0 Å². The van der Waals surface area contributed by atoms with Crippen LogP contribution in [0.2, 0.25) is 0 Å². The van der Waals surface area contributed by atoms with Crippen LogP contribution in [0, 0.1) is 0 Å². The van der Waals surface area contributed by atoms with Crippen LogP contribution in [0.15, 0.2) is 163 Å². The summed E-state index contributed by atoms with van der Waals surface area (Å²) in [6, 6.07) is 22.1. The van der Waals surface area contributed by atoms with Crippen molar-refractivity contribution in [1.29, 1.82) is 0 Å². The molecule has 0 atom stereocenters. The van der Waals surface area contributed by atoms with Crippen LogP contribution >= 0.6 is 0 Å². The Morgan fingerprint density at radius 3 is 2.24 bits per heavy atom. The summed E-state index contributed by atoms with van der Waals surface area (Å²) in [6.07, 6.45) is 25.5. The summed E-state index contributed by atoms with van der Waals surface area (Å²) in [5.41, 5.74) is 10.7. The predicted octanol–water partition coefficient (Wildman–Crippen LogP) is 13.2. The fraction of sp³-hybridized carbons (Fsp3) is 0.227. The van der Waals surface area contributed by atoms with Gasteiger partial charge in [-0.2, -0.15) is 0 Å². The number of allylic oxidation sites excluding steroid dienone is 14. The second kappa shape index (κ2) is 18.2. The molecule has 0 saturated heterocycles. The van der Waals surface area contributed by atoms with Crippen molar-refractivity contribution < 1.29 is 0 Å². The molecular weight excluding hydrogens is 542 g/mol. The quantitative estimate of drug-likeness (QED) is 0.212. The molecule has 2 aliphatic rings. The van der Waals surface area contributed by atoms with Crippen molar-refractivity contribution >= 4 is 22.5 Å². The highest BCUT2D eigenvalue weighted by Crippen LogP contribution is 2.36. The maximum atomic E-state index is 4.36. The van der Waals surface area contributed by atoms with Gasteiger partial charge in [-0.05, 0) is 97.2 Å². The Hall–Kier alpha value is -4.62. The van der Waals surface area contributed by atoms with Crippen molar-refractivity contribution in [3.8, 4) is 11.1 Å². The zero-order valence-corrected chi connectivity index (χ0v) is 28.1. The van der Waals surface area contributed by atoms with E-state index in [2.05, 4.69) is 160 Å². The Labute approximate surface area is 273 Å². The molecule has 0 aromatic heterocycles. The molecule has 3 aromatic rings. The van der Waals surface area contributed by atoms with E-state index < -0.39 is 0 Å². The maximum absolute atomic E-state index is 4.36. The van der Waals surface area contributed by atoms with E-state index in [0.29, 0.717) is 6.04 Å². The summed E-state index contributed by atoms with van der Waals surface area (Å²) in [4.78, 5) is 0. The number of rotatable bonds is 7. The van der Waals surface area contributed by atoms with Crippen LogP contribution in [0.1, 0.15) is 65.9 Å². The number of hydrogen-bond acceptors (Lipinski definition) is 1. The SMILES string of the molecule is C=C(C)/C=C1/C=CC=CC1.C=C1/C=C(/C(=C)/C=C\c2ccccc2-c2cc3ccccc3cc2NC(C)C)C/C=C\CC1.CC. The van der Waals surface area contributed by atoms with E-state index >= 15 is 0 Å². The van der Waals surface area contributed by atoms with Gasteiger partial charge < -0.3 is 5.32 Å². The van der Waals surface area contributed by atoms with Crippen molar-refractivity contribution in [1.82, 2.24) is 0 Å². The van der Waals surface area contributed by atoms with Crippen molar-refractivity contribution in [3.05, 3.63) is 169 Å². The minimum absolute atomic E-state index is 0.347. The standard InChI is InChI=1S/C32H33N.C10H12.C2H6/c1-23(2)33-32-22-29-16-9-8-15-28(29)21-31(32)30-17-11-10-13-26(30)19-18-25(4)27-14-7-5-6-12-24(3)20-27;1-9(2)8-10-6-4-3-5-7-10;1-2/h5,7-11,13,15-23,33H,3-4,6,12,14H2,1-2H3;3-6,8H,1,7H2,2H3;1-2H3/b7-5-,19-18-,27-20+;10-8-;. The van der Waals surface area contributed by atoms with Gasteiger partial charge in [0, 0.05) is 17.3 Å².